The van der Waals surface area contributed by atoms with E-state index in [-0.39, 0.29) is 6.42 Å². The van der Waals surface area contributed by atoms with Crippen LogP contribution in [0.25, 0.3) is 0 Å². The summed E-state index contributed by atoms with van der Waals surface area (Å²) in [6.45, 7) is 2.33. The van der Waals surface area contributed by atoms with Gasteiger partial charge in [0, 0.05) is 0 Å². The Bertz CT molecular complexity index is 163. The van der Waals surface area contributed by atoms with Crippen molar-refractivity contribution in [2.24, 2.45) is 5.92 Å². The number of rotatable bonds is 5. The Morgan fingerprint density at radius 1 is 1.36 bits per heavy atom. The van der Waals surface area contributed by atoms with Crippen molar-refractivity contribution < 1.29 is 13.2 Å². The van der Waals surface area contributed by atoms with Gasteiger partial charge in [0.25, 0.3) is 0 Å². The summed E-state index contributed by atoms with van der Waals surface area (Å²) in [6.07, 6.45) is -0.0186. The predicted octanol–water partition coefficient (Wildman–Crippen LogP) is 3.11. The van der Waals surface area contributed by atoms with Crippen LogP contribution in [0, 0.1) is 5.92 Å². The lowest BCUT2D eigenvalue weighted by atomic mass is 9.80. The van der Waals surface area contributed by atoms with Crippen molar-refractivity contribution in [3.05, 3.63) is 0 Å². The normalized spacial score (nSPS) is 20.6. The topological polar surface area (TPSA) is 12.0 Å². The molecule has 1 fully saturated rings. The molecule has 0 aromatic carbocycles. The summed E-state index contributed by atoms with van der Waals surface area (Å²) in [5.41, 5.74) is 0. The molecular weight excluding hydrogens is 191 g/mol. The molecule has 0 radical (unpaired) electrons. The van der Waals surface area contributed by atoms with Gasteiger partial charge in [-0.25, -0.2) is 0 Å². The average Bonchev–Trinajstić information content (AvgIpc) is 1.99. The molecule has 0 saturated heterocycles. The summed E-state index contributed by atoms with van der Waals surface area (Å²) in [6, 6.07) is -1.28. The molecule has 0 aromatic heterocycles. The lowest BCUT2D eigenvalue weighted by molar-refractivity contribution is -0.161. The Hall–Kier alpha value is -0.250. The van der Waals surface area contributed by atoms with Gasteiger partial charge in [-0.1, -0.05) is 26.2 Å². The van der Waals surface area contributed by atoms with Gasteiger partial charge in [0.05, 0.1) is 0 Å². The van der Waals surface area contributed by atoms with E-state index in [0.29, 0.717) is 12.5 Å². The van der Waals surface area contributed by atoms with Crippen molar-refractivity contribution in [1.82, 2.24) is 5.32 Å². The Morgan fingerprint density at radius 2 is 2.00 bits per heavy atom. The maximum atomic E-state index is 12.5. The van der Waals surface area contributed by atoms with Crippen LogP contribution in [0.2, 0.25) is 0 Å². The zero-order chi connectivity index (χ0) is 10.6. The molecule has 0 bridgehead atoms. The fourth-order valence-corrected chi connectivity index (χ4v) is 1.71. The second-order valence-electron chi connectivity index (χ2n) is 4.08. The first-order valence-electron chi connectivity index (χ1n) is 5.34. The maximum absolute atomic E-state index is 12.5. The molecule has 1 unspecified atom stereocenters. The van der Waals surface area contributed by atoms with E-state index in [1.165, 1.54) is 0 Å². The molecule has 1 atom stereocenters. The third-order valence-corrected chi connectivity index (χ3v) is 2.83. The van der Waals surface area contributed by atoms with Crippen LogP contribution >= 0.6 is 0 Å². The highest BCUT2D eigenvalue weighted by Crippen LogP contribution is 2.34. The van der Waals surface area contributed by atoms with Gasteiger partial charge < -0.3 is 5.32 Å². The van der Waals surface area contributed by atoms with Crippen LogP contribution in [-0.2, 0) is 0 Å². The average molecular weight is 209 g/mol. The molecule has 0 aromatic rings. The highest BCUT2D eigenvalue weighted by Gasteiger charge is 2.40. The summed E-state index contributed by atoms with van der Waals surface area (Å²) in [5, 5.41) is 2.58. The van der Waals surface area contributed by atoms with Gasteiger partial charge >= 0.3 is 6.18 Å². The summed E-state index contributed by atoms with van der Waals surface area (Å²) >= 11 is 0. The number of hydrogen-bond acceptors (Lipinski definition) is 1. The Labute approximate surface area is 83.1 Å². The van der Waals surface area contributed by atoms with Crippen LogP contribution in [-0.4, -0.2) is 18.8 Å². The quantitative estimate of drug-likeness (QED) is 0.733. The molecule has 0 heterocycles. The highest BCUT2D eigenvalue weighted by atomic mass is 19.4. The number of nitrogens with one attached hydrogen (secondary N) is 1. The minimum absolute atomic E-state index is 0.267. The smallest absolute Gasteiger partial charge is 0.306 e. The van der Waals surface area contributed by atoms with Gasteiger partial charge in [0.1, 0.15) is 6.04 Å². The molecular formula is C10H18F3N. The molecule has 1 nitrogen and oxygen atoms in total. The Morgan fingerprint density at radius 3 is 2.36 bits per heavy atom. The molecule has 1 aliphatic carbocycles. The molecule has 0 spiro atoms. The minimum atomic E-state index is -4.08. The van der Waals surface area contributed by atoms with Gasteiger partial charge in [-0.15, -0.1) is 0 Å². The third-order valence-electron chi connectivity index (χ3n) is 2.83. The van der Waals surface area contributed by atoms with Gasteiger partial charge in [0.15, 0.2) is 0 Å². The summed E-state index contributed by atoms with van der Waals surface area (Å²) in [5.74, 6) is 0.297. The molecule has 0 aliphatic heterocycles. The van der Waals surface area contributed by atoms with Crippen LogP contribution in [0.1, 0.15) is 39.0 Å². The van der Waals surface area contributed by atoms with Crippen LogP contribution in [0.3, 0.4) is 0 Å². The van der Waals surface area contributed by atoms with Gasteiger partial charge in [0.2, 0.25) is 0 Å². The molecule has 0 amide bonds. The van der Waals surface area contributed by atoms with E-state index in [1.807, 2.05) is 6.92 Å². The fraction of sp³-hybridized carbons (Fsp3) is 1.00. The first-order chi connectivity index (χ1) is 6.54. The van der Waals surface area contributed by atoms with Gasteiger partial charge in [-0.05, 0) is 25.3 Å². The van der Waals surface area contributed by atoms with Crippen molar-refractivity contribution in [2.45, 2.75) is 51.2 Å². The van der Waals surface area contributed by atoms with Gasteiger partial charge in [-0.2, -0.15) is 13.2 Å². The standard InChI is InChI=1S/C10H18F3N/c1-2-6-14-9(10(11,12)13)7-8-4-3-5-8/h8-9,14H,2-7H2,1H3. The first-order valence-corrected chi connectivity index (χ1v) is 5.34. The monoisotopic (exact) mass is 209 g/mol. The molecule has 1 aliphatic rings. The van der Waals surface area contributed by atoms with Crippen molar-refractivity contribution >= 4 is 0 Å². The Kier molecular flexibility index (Phi) is 4.23. The van der Waals surface area contributed by atoms with Gasteiger partial charge in [-0.3, -0.25) is 0 Å². The van der Waals surface area contributed by atoms with E-state index in [9.17, 15) is 13.2 Å². The lowest BCUT2D eigenvalue weighted by Gasteiger charge is -2.31. The van der Waals surface area contributed by atoms with E-state index in [0.717, 1.165) is 25.7 Å². The predicted molar refractivity (Wildman–Crippen MR) is 50.1 cm³/mol. The van der Waals surface area contributed by atoms with E-state index in [4.69, 9.17) is 0 Å². The summed E-state index contributed by atoms with van der Waals surface area (Å²) < 4.78 is 37.5. The second kappa shape index (κ2) is 5.01. The second-order valence-corrected chi connectivity index (χ2v) is 4.08. The number of halogens is 3. The zero-order valence-electron chi connectivity index (χ0n) is 8.53. The van der Waals surface area contributed by atoms with Crippen molar-refractivity contribution in [3.8, 4) is 0 Å². The molecule has 1 rings (SSSR count). The third kappa shape index (κ3) is 3.48. The molecule has 14 heavy (non-hydrogen) atoms. The van der Waals surface area contributed by atoms with Crippen molar-refractivity contribution in [2.75, 3.05) is 6.54 Å². The highest BCUT2D eigenvalue weighted by molar-refractivity contribution is 4.81. The minimum Gasteiger partial charge on any atom is -0.306 e. The zero-order valence-corrected chi connectivity index (χ0v) is 8.53. The maximum Gasteiger partial charge on any atom is 0.403 e. The summed E-state index contributed by atoms with van der Waals surface area (Å²) in [7, 11) is 0. The van der Waals surface area contributed by atoms with Crippen LogP contribution in [0.4, 0.5) is 13.2 Å². The number of hydrogen-bond donors (Lipinski definition) is 1. The van der Waals surface area contributed by atoms with E-state index in [1.54, 1.807) is 0 Å². The number of alkyl halides is 3. The van der Waals surface area contributed by atoms with Crippen LogP contribution in [0.15, 0.2) is 0 Å². The lowest BCUT2D eigenvalue weighted by Crippen LogP contribution is -2.44. The fourth-order valence-electron chi connectivity index (χ4n) is 1.71. The largest absolute Gasteiger partial charge is 0.403 e. The van der Waals surface area contributed by atoms with Crippen LogP contribution < -0.4 is 5.32 Å². The molecule has 84 valence electrons. The summed E-state index contributed by atoms with van der Waals surface area (Å²) in [4.78, 5) is 0. The van der Waals surface area contributed by atoms with E-state index in [2.05, 4.69) is 5.32 Å². The van der Waals surface area contributed by atoms with E-state index < -0.39 is 12.2 Å². The van der Waals surface area contributed by atoms with Crippen molar-refractivity contribution in [3.63, 3.8) is 0 Å². The van der Waals surface area contributed by atoms with Crippen molar-refractivity contribution in [1.29, 1.82) is 0 Å². The first kappa shape index (κ1) is 11.8. The van der Waals surface area contributed by atoms with E-state index >= 15 is 0 Å². The SMILES string of the molecule is CCCNC(CC1CCC1)C(F)(F)F. The van der Waals surface area contributed by atoms with Crippen LogP contribution in [0.5, 0.6) is 0 Å². The molecule has 4 heteroatoms. The molecule has 1 N–H and O–H groups in total. The Balaban J connectivity index is 2.35. The molecule has 1 saturated carbocycles.